The van der Waals surface area contributed by atoms with Gasteiger partial charge in [0.25, 0.3) is 5.78 Å². The average Bonchev–Trinajstić information content (AvgIpc) is 2.94. The van der Waals surface area contributed by atoms with Crippen LogP contribution in [0.1, 0.15) is 19.3 Å². The van der Waals surface area contributed by atoms with E-state index in [1.165, 1.54) is 25.6 Å². The first-order valence-corrected chi connectivity index (χ1v) is 7.43. The molecule has 6 nitrogen and oxygen atoms in total. The topological polar surface area (TPSA) is 49.6 Å². The molecule has 20 heavy (non-hydrogen) atoms. The average molecular weight is 293 g/mol. The zero-order chi connectivity index (χ0) is 13.7. The van der Waals surface area contributed by atoms with Crippen molar-refractivity contribution < 1.29 is 0 Å². The lowest BCUT2D eigenvalue weighted by Gasteiger charge is -2.27. The van der Waals surface area contributed by atoms with E-state index >= 15 is 0 Å². The molecular formula is C13H17ClN6. The minimum absolute atomic E-state index is 0.475. The number of anilines is 1. The molecule has 106 valence electrons. The number of hydrogen-bond acceptors (Lipinski definition) is 5. The van der Waals surface area contributed by atoms with Gasteiger partial charge in [0.15, 0.2) is 0 Å². The lowest BCUT2D eigenvalue weighted by atomic mass is 10.1. The van der Waals surface area contributed by atoms with Gasteiger partial charge in [-0.2, -0.15) is 19.6 Å². The molecule has 0 amide bonds. The van der Waals surface area contributed by atoms with Crippen LogP contribution < -0.4 is 4.90 Å². The van der Waals surface area contributed by atoms with Crippen molar-refractivity contribution in [2.45, 2.75) is 31.3 Å². The van der Waals surface area contributed by atoms with Crippen molar-refractivity contribution in [3.63, 3.8) is 0 Å². The van der Waals surface area contributed by atoms with Gasteiger partial charge in [-0.25, -0.2) is 0 Å². The number of halogens is 1. The summed E-state index contributed by atoms with van der Waals surface area (Å²) in [6.07, 6.45) is 5.31. The summed E-state index contributed by atoms with van der Waals surface area (Å²) in [6, 6.07) is 3.23. The maximum Gasteiger partial charge on any atom is 0.255 e. The normalized spacial score (nSPS) is 27.2. The van der Waals surface area contributed by atoms with E-state index in [0.29, 0.717) is 23.0 Å². The minimum Gasteiger partial charge on any atom is -0.355 e. The zero-order valence-electron chi connectivity index (χ0n) is 11.4. The molecule has 2 saturated heterocycles. The van der Waals surface area contributed by atoms with Gasteiger partial charge in [0.1, 0.15) is 17.3 Å². The molecule has 0 aliphatic carbocycles. The fraction of sp³-hybridized carbons (Fsp3) is 0.615. The molecule has 2 atom stereocenters. The van der Waals surface area contributed by atoms with Gasteiger partial charge in [-0.3, -0.25) is 4.90 Å². The molecule has 0 radical (unpaired) electrons. The van der Waals surface area contributed by atoms with Gasteiger partial charge >= 0.3 is 0 Å². The number of likely N-dealkylation sites (N-methyl/N-ethyl adjacent to an activating group) is 1. The zero-order valence-corrected chi connectivity index (χ0v) is 12.2. The molecule has 2 unspecified atom stereocenters. The number of nitrogens with zero attached hydrogens (tertiary/aromatic N) is 6. The van der Waals surface area contributed by atoms with Crippen molar-refractivity contribution >= 4 is 23.2 Å². The SMILES string of the molecule is CN1C2CCC1CN(c1cc(Cl)nc3ncnn13)CC2. The highest BCUT2D eigenvalue weighted by atomic mass is 35.5. The summed E-state index contributed by atoms with van der Waals surface area (Å²) in [5.41, 5.74) is 0. The summed E-state index contributed by atoms with van der Waals surface area (Å²) >= 11 is 6.12. The molecule has 2 bridgehead atoms. The molecule has 4 heterocycles. The summed E-state index contributed by atoms with van der Waals surface area (Å²) < 4.78 is 1.78. The van der Waals surface area contributed by atoms with Crippen molar-refractivity contribution in [1.82, 2.24) is 24.5 Å². The molecule has 2 aliphatic heterocycles. The molecule has 2 aromatic heterocycles. The van der Waals surface area contributed by atoms with Crippen LogP contribution in [0.25, 0.3) is 5.78 Å². The largest absolute Gasteiger partial charge is 0.355 e. The van der Waals surface area contributed by atoms with Gasteiger partial charge in [0, 0.05) is 31.2 Å². The first-order chi connectivity index (χ1) is 9.72. The third-order valence-electron chi connectivity index (χ3n) is 4.67. The van der Waals surface area contributed by atoms with E-state index in [1.54, 1.807) is 4.52 Å². The van der Waals surface area contributed by atoms with Crippen LogP contribution >= 0.6 is 11.6 Å². The highest BCUT2D eigenvalue weighted by molar-refractivity contribution is 6.29. The lowest BCUT2D eigenvalue weighted by molar-refractivity contribution is 0.254. The van der Waals surface area contributed by atoms with E-state index in [4.69, 9.17) is 11.6 Å². The molecule has 2 fully saturated rings. The van der Waals surface area contributed by atoms with Crippen LogP contribution in [0.4, 0.5) is 5.82 Å². The molecule has 4 rings (SSSR count). The summed E-state index contributed by atoms with van der Waals surface area (Å²) in [5.74, 6) is 1.56. The van der Waals surface area contributed by atoms with Crippen LogP contribution in [0.2, 0.25) is 5.15 Å². The maximum atomic E-state index is 6.12. The van der Waals surface area contributed by atoms with Crippen molar-refractivity contribution in [2.24, 2.45) is 0 Å². The standard InChI is InChI=1S/C13H17ClN6/c1-18-9-2-3-10(18)7-19(5-4-9)12-6-11(14)17-13-15-8-16-20(12)13/h6,8-10H,2-5,7H2,1H3. The minimum atomic E-state index is 0.475. The van der Waals surface area contributed by atoms with E-state index in [1.807, 2.05) is 6.07 Å². The molecular weight excluding hydrogens is 276 g/mol. The Balaban J connectivity index is 1.74. The number of aromatic nitrogens is 4. The highest BCUT2D eigenvalue weighted by Gasteiger charge is 2.35. The van der Waals surface area contributed by atoms with Crippen LogP contribution in [-0.4, -0.2) is 56.7 Å². The van der Waals surface area contributed by atoms with Crippen LogP contribution in [-0.2, 0) is 0 Å². The smallest absolute Gasteiger partial charge is 0.255 e. The van der Waals surface area contributed by atoms with Crippen LogP contribution in [0.5, 0.6) is 0 Å². The van der Waals surface area contributed by atoms with E-state index in [-0.39, 0.29) is 0 Å². The Morgan fingerprint density at radius 1 is 1.25 bits per heavy atom. The highest BCUT2D eigenvalue weighted by Crippen LogP contribution is 2.31. The number of fused-ring (bicyclic) bond motifs is 3. The predicted molar refractivity (Wildman–Crippen MR) is 77.2 cm³/mol. The number of hydrogen-bond donors (Lipinski definition) is 0. The van der Waals surface area contributed by atoms with Gasteiger partial charge in [-0.05, 0) is 26.3 Å². The molecule has 0 N–H and O–H groups in total. The summed E-state index contributed by atoms with van der Waals surface area (Å²) in [5, 5.41) is 4.75. The Bertz CT molecular complexity index is 641. The lowest BCUT2D eigenvalue weighted by Crippen LogP contribution is -2.37. The molecule has 0 spiro atoms. The first-order valence-electron chi connectivity index (χ1n) is 7.05. The second kappa shape index (κ2) is 4.56. The Hall–Kier alpha value is -1.40. The fourth-order valence-electron chi connectivity index (χ4n) is 3.51. The Morgan fingerprint density at radius 3 is 3.00 bits per heavy atom. The van der Waals surface area contributed by atoms with E-state index in [0.717, 1.165) is 18.9 Å². The van der Waals surface area contributed by atoms with Gasteiger partial charge < -0.3 is 4.90 Å². The Kier molecular flexibility index (Phi) is 2.82. The quantitative estimate of drug-likeness (QED) is 0.745. The van der Waals surface area contributed by atoms with Gasteiger partial charge in [-0.1, -0.05) is 11.6 Å². The second-order valence-electron chi connectivity index (χ2n) is 5.69. The van der Waals surface area contributed by atoms with Crippen LogP contribution in [0.3, 0.4) is 0 Å². The predicted octanol–water partition coefficient (Wildman–Crippen LogP) is 1.45. The van der Waals surface area contributed by atoms with E-state index in [9.17, 15) is 0 Å². The monoisotopic (exact) mass is 292 g/mol. The Labute approximate surface area is 122 Å². The van der Waals surface area contributed by atoms with Crippen molar-refractivity contribution in [3.05, 3.63) is 17.5 Å². The summed E-state index contributed by atoms with van der Waals surface area (Å²) in [6.45, 7) is 2.04. The fourth-order valence-corrected chi connectivity index (χ4v) is 3.68. The molecule has 2 aliphatic rings. The van der Waals surface area contributed by atoms with Crippen LogP contribution in [0.15, 0.2) is 12.4 Å². The van der Waals surface area contributed by atoms with Crippen molar-refractivity contribution in [1.29, 1.82) is 0 Å². The van der Waals surface area contributed by atoms with E-state index < -0.39 is 0 Å². The van der Waals surface area contributed by atoms with E-state index in [2.05, 4.69) is 31.9 Å². The molecule has 2 aromatic rings. The van der Waals surface area contributed by atoms with Crippen LogP contribution in [0, 0.1) is 0 Å². The van der Waals surface area contributed by atoms with Crippen molar-refractivity contribution in [2.75, 3.05) is 25.0 Å². The molecule has 7 heteroatoms. The molecule has 0 saturated carbocycles. The number of rotatable bonds is 1. The Morgan fingerprint density at radius 2 is 2.10 bits per heavy atom. The maximum absolute atomic E-state index is 6.12. The summed E-state index contributed by atoms with van der Waals surface area (Å²) in [7, 11) is 2.25. The van der Waals surface area contributed by atoms with Gasteiger partial charge in [0.2, 0.25) is 0 Å². The van der Waals surface area contributed by atoms with Gasteiger partial charge in [-0.15, -0.1) is 0 Å². The summed E-state index contributed by atoms with van der Waals surface area (Å²) in [4.78, 5) is 13.2. The first kappa shape index (κ1) is 12.3. The third-order valence-corrected chi connectivity index (χ3v) is 4.87. The third kappa shape index (κ3) is 1.86. The second-order valence-corrected chi connectivity index (χ2v) is 6.08. The van der Waals surface area contributed by atoms with Gasteiger partial charge in [0.05, 0.1) is 0 Å². The molecule has 0 aromatic carbocycles. The van der Waals surface area contributed by atoms with Crippen molar-refractivity contribution in [3.8, 4) is 0 Å².